The smallest absolute Gasteiger partial charge is 0.417 e. The van der Waals surface area contributed by atoms with E-state index in [1.165, 1.54) is 11.0 Å². The Hall–Kier alpha value is -2.63. The molecule has 12 heteroatoms. The summed E-state index contributed by atoms with van der Waals surface area (Å²) in [5.74, 6) is 0. The lowest BCUT2D eigenvalue weighted by Gasteiger charge is -2.37. The van der Waals surface area contributed by atoms with Crippen LogP contribution in [0.4, 0.5) is 36.8 Å². The molecule has 5 nitrogen and oxygen atoms in total. The second-order valence-corrected chi connectivity index (χ2v) is 9.68. The molecule has 0 N–H and O–H groups in total. The standard InChI is InChI=1S/C22H23F6N3O2S/c1-20(2,3)33-19(32)31-10-8-30(9-11-31)16-6-4-14(21(23,24)25)12-17(16)34-18-7-5-15(13-29-18)22(26,27)28/h4-7,12-13H,8-11H2,1-3H3. The molecule has 2 heterocycles. The Morgan fingerprint density at radius 2 is 1.50 bits per heavy atom. The third-order valence-corrected chi connectivity index (χ3v) is 5.83. The summed E-state index contributed by atoms with van der Waals surface area (Å²) in [5.41, 5.74) is -2.00. The van der Waals surface area contributed by atoms with E-state index >= 15 is 0 Å². The van der Waals surface area contributed by atoms with Crippen molar-refractivity contribution in [3.63, 3.8) is 0 Å². The molecule has 1 fully saturated rings. The van der Waals surface area contributed by atoms with Gasteiger partial charge in [-0.2, -0.15) is 26.3 Å². The van der Waals surface area contributed by atoms with E-state index in [4.69, 9.17) is 4.74 Å². The van der Waals surface area contributed by atoms with E-state index in [0.29, 0.717) is 38.1 Å². The summed E-state index contributed by atoms with van der Waals surface area (Å²) >= 11 is 0.847. The number of hydrogen-bond donors (Lipinski definition) is 0. The minimum absolute atomic E-state index is 0.126. The molecule has 1 saturated heterocycles. The van der Waals surface area contributed by atoms with Gasteiger partial charge in [0.15, 0.2) is 0 Å². The van der Waals surface area contributed by atoms with Crippen LogP contribution in [0.15, 0.2) is 46.5 Å². The van der Waals surface area contributed by atoms with Crippen LogP contribution in [0.25, 0.3) is 0 Å². The van der Waals surface area contributed by atoms with E-state index in [1.807, 2.05) is 4.90 Å². The van der Waals surface area contributed by atoms with Gasteiger partial charge in [-0.15, -0.1) is 0 Å². The van der Waals surface area contributed by atoms with Crippen LogP contribution in [-0.2, 0) is 17.1 Å². The van der Waals surface area contributed by atoms with Crippen molar-refractivity contribution in [1.29, 1.82) is 0 Å². The SMILES string of the molecule is CC(C)(C)OC(=O)N1CCN(c2ccc(C(F)(F)F)cc2Sc2ccc(C(F)(F)F)cn2)CC1. The second-order valence-electron chi connectivity index (χ2n) is 8.62. The largest absolute Gasteiger partial charge is 0.444 e. The minimum Gasteiger partial charge on any atom is -0.444 e. The molecule has 1 aliphatic heterocycles. The predicted octanol–water partition coefficient (Wildman–Crippen LogP) is 6.33. The first kappa shape index (κ1) is 26.0. The maximum absolute atomic E-state index is 13.3. The molecule has 0 saturated carbocycles. The number of carbonyl (C=O) groups is 1. The first-order valence-electron chi connectivity index (χ1n) is 10.3. The molecule has 0 aliphatic carbocycles. The Morgan fingerprint density at radius 1 is 0.912 bits per heavy atom. The van der Waals surface area contributed by atoms with Crippen molar-refractivity contribution in [3.8, 4) is 0 Å². The van der Waals surface area contributed by atoms with Crippen molar-refractivity contribution >= 4 is 23.5 Å². The summed E-state index contributed by atoms with van der Waals surface area (Å²) in [6, 6.07) is 5.21. The van der Waals surface area contributed by atoms with Crippen molar-refractivity contribution in [1.82, 2.24) is 9.88 Å². The number of rotatable bonds is 3. The lowest BCUT2D eigenvalue weighted by Crippen LogP contribution is -2.50. The number of anilines is 1. The van der Waals surface area contributed by atoms with E-state index in [0.717, 1.165) is 36.0 Å². The predicted molar refractivity (Wildman–Crippen MR) is 115 cm³/mol. The number of benzene rings is 1. The molecule has 0 bridgehead atoms. The lowest BCUT2D eigenvalue weighted by molar-refractivity contribution is -0.138. The highest BCUT2D eigenvalue weighted by atomic mass is 32.2. The first-order valence-corrected chi connectivity index (χ1v) is 11.1. The topological polar surface area (TPSA) is 45.7 Å². The van der Waals surface area contributed by atoms with Crippen molar-refractivity contribution in [2.24, 2.45) is 0 Å². The summed E-state index contributed by atoms with van der Waals surface area (Å²) < 4.78 is 83.7. The van der Waals surface area contributed by atoms with E-state index in [1.54, 1.807) is 20.8 Å². The monoisotopic (exact) mass is 507 g/mol. The van der Waals surface area contributed by atoms with Crippen molar-refractivity contribution in [3.05, 3.63) is 47.7 Å². The van der Waals surface area contributed by atoms with Gasteiger partial charge in [0.2, 0.25) is 0 Å². The summed E-state index contributed by atoms with van der Waals surface area (Å²) in [4.78, 5) is 19.6. The number of ether oxygens (including phenoxy) is 1. The van der Waals surface area contributed by atoms with Crippen molar-refractivity contribution < 1.29 is 35.9 Å². The number of amides is 1. The summed E-state index contributed by atoms with van der Waals surface area (Å²) in [7, 11) is 0. The Kier molecular flexibility index (Phi) is 7.30. The highest BCUT2D eigenvalue weighted by molar-refractivity contribution is 7.99. The Balaban J connectivity index is 1.82. The van der Waals surface area contributed by atoms with E-state index in [2.05, 4.69) is 4.98 Å². The summed E-state index contributed by atoms with van der Waals surface area (Å²) in [6.45, 7) is 6.56. The number of piperazine rings is 1. The van der Waals surface area contributed by atoms with Gasteiger partial charge in [0.25, 0.3) is 0 Å². The van der Waals surface area contributed by atoms with E-state index in [-0.39, 0.29) is 9.92 Å². The Morgan fingerprint density at radius 3 is 2.00 bits per heavy atom. The highest BCUT2D eigenvalue weighted by Gasteiger charge is 2.33. The van der Waals surface area contributed by atoms with E-state index in [9.17, 15) is 31.1 Å². The molecular formula is C22H23F6N3O2S. The first-order chi connectivity index (χ1) is 15.6. The van der Waals surface area contributed by atoms with Gasteiger partial charge in [0.1, 0.15) is 10.6 Å². The maximum atomic E-state index is 13.3. The molecule has 3 rings (SSSR count). The maximum Gasteiger partial charge on any atom is 0.417 e. The Bertz CT molecular complexity index is 1010. The van der Waals surface area contributed by atoms with Gasteiger partial charge in [-0.1, -0.05) is 11.8 Å². The van der Waals surface area contributed by atoms with Crippen molar-refractivity contribution in [2.75, 3.05) is 31.1 Å². The molecule has 1 aromatic carbocycles. The average molecular weight is 508 g/mol. The Labute approximate surface area is 197 Å². The molecular weight excluding hydrogens is 484 g/mol. The molecule has 2 aromatic rings. The number of halogens is 6. The van der Waals surface area contributed by atoms with Gasteiger partial charge in [0.05, 0.1) is 16.8 Å². The van der Waals surface area contributed by atoms with Crippen LogP contribution in [0.3, 0.4) is 0 Å². The van der Waals surface area contributed by atoms with Gasteiger partial charge in [0, 0.05) is 37.3 Å². The van der Waals surface area contributed by atoms with Crippen LogP contribution in [0.1, 0.15) is 31.9 Å². The second kappa shape index (κ2) is 9.55. The minimum atomic E-state index is -4.59. The normalized spacial score (nSPS) is 15.4. The van der Waals surface area contributed by atoms with Gasteiger partial charge in [-0.25, -0.2) is 9.78 Å². The molecule has 1 aliphatic rings. The van der Waals surface area contributed by atoms with E-state index < -0.39 is 35.2 Å². The molecule has 1 aromatic heterocycles. The number of carbonyl (C=O) groups excluding carboxylic acids is 1. The molecule has 0 unspecified atom stereocenters. The molecule has 186 valence electrons. The zero-order valence-corrected chi connectivity index (χ0v) is 19.4. The number of alkyl halides is 6. The average Bonchev–Trinajstić information content (AvgIpc) is 2.72. The van der Waals surface area contributed by atoms with Gasteiger partial charge in [-0.05, 0) is 51.1 Å². The molecule has 0 spiro atoms. The van der Waals surface area contributed by atoms with Crippen LogP contribution in [0.2, 0.25) is 0 Å². The van der Waals surface area contributed by atoms with Gasteiger partial charge >= 0.3 is 18.4 Å². The quantitative estimate of drug-likeness (QED) is 0.455. The number of aromatic nitrogens is 1. The fourth-order valence-electron chi connectivity index (χ4n) is 3.21. The van der Waals surface area contributed by atoms with Crippen LogP contribution >= 0.6 is 11.8 Å². The fraction of sp³-hybridized carbons (Fsp3) is 0.455. The zero-order chi connectivity index (χ0) is 25.3. The summed E-state index contributed by atoms with van der Waals surface area (Å²) in [5, 5.41) is 0.126. The fourth-order valence-corrected chi connectivity index (χ4v) is 4.17. The van der Waals surface area contributed by atoms with Crippen LogP contribution in [0.5, 0.6) is 0 Å². The molecule has 34 heavy (non-hydrogen) atoms. The third kappa shape index (κ3) is 6.71. The zero-order valence-electron chi connectivity index (χ0n) is 18.6. The van der Waals surface area contributed by atoms with Crippen LogP contribution < -0.4 is 4.90 Å². The van der Waals surface area contributed by atoms with Gasteiger partial charge in [-0.3, -0.25) is 0 Å². The summed E-state index contributed by atoms with van der Waals surface area (Å²) in [6.07, 6.45) is -8.97. The highest BCUT2D eigenvalue weighted by Crippen LogP contribution is 2.40. The van der Waals surface area contributed by atoms with Crippen LogP contribution in [0, 0.1) is 0 Å². The molecule has 0 radical (unpaired) electrons. The molecule has 0 atom stereocenters. The van der Waals surface area contributed by atoms with Crippen LogP contribution in [-0.4, -0.2) is 47.8 Å². The van der Waals surface area contributed by atoms with Gasteiger partial charge < -0.3 is 14.5 Å². The molecule has 1 amide bonds. The lowest BCUT2D eigenvalue weighted by atomic mass is 10.1. The number of nitrogens with zero attached hydrogens (tertiary/aromatic N) is 3. The van der Waals surface area contributed by atoms with Crippen molar-refractivity contribution in [2.45, 2.75) is 48.6 Å². The number of pyridine rings is 1. The number of hydrogen-bond acceptors (Lipinski definition) is 5. The third-order valence-electron chi connectivity index (χ3n) is 4.84.